The quantitative estimate of drug-likeness (QED) is 0.585. The van der Waals surface area contributed by atoms with Crippen LogP contribution in [0.15, 0.2) is 24.5 Å². The fourth-order valence-corrected chi connectivity index (χ4v) is 4.39. The zero-order chi connectivity index (χ0) is 21.0. The number of nitrogens with zero attached hydrogens (tertiary/aromatic N) is 4. The normalized spacial score (nSPS) is 25.4. The van der Waals surface area contributed by atoms with Crippen molar-refractivity contribution in [2.45, 2.75) is 36.9 Å². The largest absolute Gasteiger partial charge is 0.320 e. The van der Waals surface area contributed by atoms with E-state index in [1.54, 1.807) is 18.3 Å². The van der Waals surface area contributed by atoms with Crippen LogP contribution in [-0.2, 0) is 0 Å². The van der Waals surface area contributed by atoms with Crippen molar-refractivity contribution in [3.05, 3.63) is 40.3 Å². The first-order valence-corrected chi connectivity index (χ1v) is 10.3. The van der Waals surface area contributed by atoms with Crippen LogP contribution in [0.5, 0.6) is 0 Å². The molecule has 0 amide bonds. The van der Waals surface area contributed by atoms with Gasteiger partial charge in [-0.05, 0) is 30.7 Å². The van der Waals surface area contributed by atoms with Crippen molar-refractivity contribution in [2.75, 3.05) is 18.4 Å². The van der Waals surface area contributed by atoms with Crippen LogP contribution < -0.4 is 10.6 Å². The smallest absolute Gasteiger partial charge is 0.272 e. The van der Waals surface area contributed by atoms with Gasteiger partial charge in [-0.1, -0.05) is 23.2 Å². The van der Waals surface area contributed by atoms with Gasteiger partial charge in [0.15, 0.2) is 5.15 Å². The highest BCUT2D eigenvalue weighted by atomic mass is 35.5. The predicted molar refractivity (Wildman–Crippen MR) is 109 cm³/mol. The molecule has 5 rings (SSSR count). The molecule has 11 heteroatoms. The summed E-state index contributed by atoms with van der Waals surface area (Å²) in [6.45, 7) is 1.01. The second-order valence-corrected chi connectivity index (χ2v) is 8.41. The molecular formula is C19H17Cl2F3N6. The second kappa shape index (κ2) is 7.25. The van der Waals surface area contributed by atoms with Crippen molar-refractivity contribution in [3.63, 3.8) is 0 Å². The molecule has 1 aromatic carbocycles. The first-order chi connectivity index (χ1) is 14.3. The number of alkyl halides is 3. The van der Waals surface area contributed by atoms with Crippen molar-refractivity contribution in [2.24, 2.45) is 0 Å². The molecule has 2 fully saturated rings. The maximum absolute atomic E-state index is 14.4. The Kier molecular flexibility index (Phi) is 4.79. The molecule has 3 aromatic rings. The van der Waals surface area contributed by atoms with Crippen molar-refractivity contribution < 1.29 is 13.2 Å². The zero-order valence-electron chi connectivity index (χ0n) is 15.5. The molecule has 1 aliphatic heterocycles. The van der Waals surface area contributed by atoms with E-state index in [0.29, 0.717) is 33.6 Å². The molecule has 0 spiro atoms. The third-order valence-corrected chi connectivity index (χ3v) is 6.28. The van der Waals surface area contributed by atoms with Crippen LogP contribution in [0.1, 0.15) is 30.4 Å². The lowest BCUT2D eigenvalue weighted by Crippen LogP contribution is -2.36. The summed E-state index contributed by atoms with van der Waals surface area (Å²) in [4.78, 5) is 8.70. The van der Waals surface area contributed by atoms with E-state index in [0.717, 1.165) is 11.2 Å². The van der Waals surface area contributed by atoms with Crippen LogP contribution in [0.2, 0.25) is 10.2 Å². The number of rotatable bonds is 4. The highest BCUT2D eigenvalue weighted by Gasteiger charge is 2.59. The highest BCUT2D eigenvalue weighted by Crippen LogP contribution is 2.53. The Bertz CT molecular complexity index is 1120. The third-order valence-electron chi connectivity index (χ3n) is 5.58. The van der Waals surface area contributed by atoms with E-state index in [-0.39, 0.29) is 30.0 Å². The van der Waals surface area contributed by atoms with Gasteiger partial charge in [0.25, 0.3) is 5.92 Å². The van der Waals surface area contributed by atoms with Crippen molar-refractivity contribution in [1.29, 1.82) is 0 Å². The molecule has 30 heavy (non-hydrogen) atoms. The molecule has 3 atom stereocenters. The number of hydrogen-bond donors (Lipinski definition) is 2. The maximum Gasteiger partial charge on any atom is 0.272 e. The highest BCUT2D eigenvalue weighted by molar-refractivity contribution is 6.32. The van der Waals surface area contributed by atoms with Gasteiger partial charge >= 0.3 is 0 Å². The molecule has 3 heterocycles. The van der Waals surface area contributed by atoms with Crippen molar-refractivity contribution >= 4 is 45.7 Å². The summed E-state index contributed by atoms with van der Waals surface area (Å²) in [5.74, 6) is -2.87. The number of aromatic nitrogens is 4. The first-order valence-electron chi connectivity index (χ1n) is 9.52. The fourth-order valence-electron chi connectivity index (χ4n) is 3.82. The van der Waals surface area contributed by atoms with E-state index < -0.39 is 18.1 Å². The van der Waals surface area contributed by atoms with Gasteiger partial charge in [0.05, 0.1) is 17.4 Å². The molecular weight excluding hydrogens is 440 g/mol. The molecule has 6 nitrogen and oxygen atoms in total. The van der Waals surface area contributed by atoms with Crippen LogP contribution in [0, 0.1) is 0 Å². The molecule has 0 unspecified atom stereocenters. The van der Waals surface area contributed by atoms with Crippen LogP contribution in [0.3, 0.4) is 0 Å². The molecule has 2 aliphatic rings. The lowest BCUT2D eigenvalue weighted by Gasteiger charge is -2.27. The average molecular weight is 457 g/mol. The van der Waals surface area contributed by atoms with Crippen LogP contribution in [0.25, 0.3) is 10.9 Å². The topological polar surface area (TPSA) is 67.7 Å². The summed E-state index contributed by atoms with van der Waals surface area (Å²) in [7, 11) is 0. The molecule has 1 aliphatic carbocycles. The van der Waals surface area contributed by atoms with E-state index in [9.17, 15) is 13.2 Å². The Morgan fingerprint density at radius 3 is 2.77 bits per heavy atom. The minimum atomic E-state index is -2.79. The number of anilines is 2. The Labute approximate surface area is 179 Å². The molecule has 2 N–H and O–H groups in total. The molecule has 0 radical (unpaired) electrons. The van der Waals surface area contributed by atoms with Gasteiger partial charge in [0, 0.05) is 35.5 Å². The Morgan fingerprint density at radius 1 is 1.23 bits per heavy atom. The Balaban J connectivity index is 1.44. The van der Waals surface area contributed by atoms with Crippen LogP contribution in [0.4, 0.5) is 24.8 Å². The lowest BCUT2D eigenvalue weighted by molar-refractivity contribution is 0.0984. The fraction of sp³-hybridized carbons (Fsp3) is 0.421. The van der Waals surface area contributed by atoms with Crippen molar-refractivity contribution in [3.8, 4) is 0 Å². The standard InChI is InChI=1S/C19H17Cl2F3N6/c20-12-3-9-6-26-18(28-14(9)4-11(12)10-1-2-25-7-13(10)22)29-15-8-27-30(17(15)21)16-5-19(16,23)24/h3-4,6,8,10,13,16,25H,1-2,5,7H2,(H,26,28,29)/t10-,13+,16+/m1/s1. The minimum Gasteiger partial charge on any atom is -0.320 e. The second-order valence-electron chi connectivity index (χ2n) is 7.64. The third kappa shape index (κ3) is 3.48. The molecule has 2 aromatic heterocycles. The molecule has 158 valence electrons. The minimum absolute atomic E-state index is 0.0626. The van der Waals surface area contributed by atoms with Gasteiger partial charge in [0.2, 0.25) is 5.95 Å². The van der Waals surface area contributed by atoms with Gasteiger partial charge in [0.1, 0.15) is 12.2 Å². The van der Waals surface area contributed by atoms with Gasteiger partial charge < -0.3 is 10.6 Å². The van der Waals surface area contributed by atoms with E-state index in [1.165, 1.54) is 6.20 Å². The Morgan fingerprint density at radius 2 is 2.03 bits per heavy atom. The van der Waals surface area contributed by atoms with Crippen LogP contribution in [-0.4, -0.2) is 44.9 Å². The first kappa shape index (κ1) is 19.8. The molecule has 1 saturated carbocycles. The number of piperidine rings is 1. The molecule has 0 bridgehead atoms. The average Bonchev–Trinajstić information content (AvgIpc) is 3.19. The lowest BCUT2D eigenvalue weighted by atomic mass is 9.88. The number of halogens is 5. The summed E-state index contributed by atoms with van der Waals surface area (Å²) in [6, 6.07) is 2.48. The van der Waals surface area contributed by atoms with Gasteiger partial charge in [-0.25, -0.2) is 27.8 Å². The maximum atomic E-state index is 14.4. The summed E-state index contributed by atoms with van der Waals surface area (Å²) in [5, 5.41) is 11.1. The van der Waals surface area contributed by atoms with Crippen LogP contribution >= 0.6 is 23.2 Å². The van der Waals surface area contributed by atoms with Gasteiger partial charge in [-0.2, -0.15) is 5.10 Å². The number of fused-ring (bicyclic) bond motifs is 1. The van der Waals surface area contributed by atoms with E-state index >= 15 is 0 Å². The summed E-state index contributed by atoms with van der Waals surface area (Å²) < 4.78 is 42.1. The van der Waals surface area contributed by atoms with Gasteiger partial charge in [-0.3, -0.25) is 0 Å². The zero-order valence-corrected chi connectivity index (χ0v) is 17.1. The number of nitrogens with one attached hydrogen (secondary N) is 2. The van der Waals surface area contributed by atoms with E-state index in [2.05, 4.69) is 25.7 Å². The van der Waals surface area contributed by atoms with E-state index in [4.69, 9.17) is 23.2 Å². The van der Waals surface area contributed by atoms with Crippen molar-refractivity contribution in [1.82, 2.24) is 25.1 Å². The number of benzene rings is 1. The number of hydrogen-bond acceptors (Lipinski definition) is 5. The van der Waals surface area contributed by atoms with E-state index in [1.807, 2.05) is 0 Å². The predicted octanol–water partition coefficient (Wildman–Crippen LogP) is 4.87. The van der Waals surface area contributed by atoms with Gasteiger partial charge in [-0.15, -0.1) is 0 Å². The summed E-state index contributed by atoms with van der Waals surface area (Å²) in [5.41, 5.74) is 1.63. The summed E-state index contributed by atoms with van der Waals surface area (Å²) >= 11 is 12.6. The molecule has 1 saturated heterocycles. The monoisotopic (exact) mass is 456 g/mol. The Hall–Kier alpha value is -2.10. The summed E-state index contributed by atoms with van der Waals surface area (Å²) in [6.07, 6.45) is 2.28. The SMILES string of the molecule is F[C@H]1CNCC[C@@H]1c1cc2nc(Nc3cnn([C@H]4CC4(F)F)c3Cl)ncc2cc1Cl.